The first-order valence-electron chi connectivity index (χ1n) is 13.4. The summed E-state index contributed by atoms with van der Waals surface area (Å²) in [6, 6.07) is 18.0. The summed E-state index contributed by atoms with van der Waals surface area (Å²) in [5, 5.41) is 14.9. The Kier molecular flexibility index (Phi) is 9.19. The number of nitrogens with one attached hydrogen (secondary N) is 1. The van der Waals surface area contributed by atoms with Crippen LogP contribution in [-0.2, 0) is 34.8 Å². The largest absolute Gasteiger partial charge is 0.481 e. The summed E-state index contributed by atoms with van der Waals surface area (Å²) >= 11 is 0. The Balaban J connectivity index is 1.71. The lowest BCUT2D eigenvalue weighted by atomic mass is 9.84. The number of oxime groups is 1. The van der Waals surface area contributed by atoms with Gasteiger partial charge in [0.2, 0.25) is 15.6 Å². The first kappa shape index (κ1) is 31.2. The molecule has 0 bridgehead atoms. The number of ketones is 1. The van der Waals surface area contributed by atoms with Crippen molar-refractivity contribution in [1.82, 2.24) is 9.62 Å². The minimum absolute atomic E-state index is 0.0847. The molecule has 0 saturated heterocycles. The molecule has 0 aliphatic carbocycles. The molecule has 13 heteroatoms. The zero-order valence-corrected chi connectivity index (χ0v) is 24.6. The van der Waals surface area contributed by atoms with Crippen LogP contribution in [0.5, 0.6) is 0 Å². The molecule has 0 fully saturated rings. The number of carboxylic acid groups (broad SMARTS) is 1. The van der Waals surface area contributed by atoms with Crippen LogP contribution in [-0.4, -0.2) is 71.9 Å². The molecule has 0 radical (unpaired) electrons. The van der Waals surface area contributed by atoms with Crippen LogP contribution in [0.1, 0.15) is 32.3 Å². The number of fused-ring (bicyclic) bond motifs is 1. The maximum Gasteiger partial charge on any atom is 0.325 e. The van der Waals surface area contributed by atoms with Gasteiger partial charge in [-0.1, -0.05) is 85.7 Å². The molecule has 3 atom stereocenters. The lowest BCUT2D eigenvalue weighted by Crippen LogP contribution is -2.53. The second-order valence-corrected chi connectivity index (χ2v) is 12.2. The highest BCUT2D eigenvalue weighted by Gasteiger charge is 2.53. The Morgan fingerprint density at radius 1 is 1.09 bits per heavy atom. The second kappa shape index (κ2) is 12.7. The van der Waals surface area contributed by atoms with Gasteiger partial charge in [-0.15, -0.1) is 0 Å². The number of rotatable bonds is 12. The van der Waals surface area contributed by atoms with E-state index in [4.69, 9.17) is 10.4 Å². The van der Waals surface area contributed by atoms with E-state index in [0.717, 1.165) is 10.3 Å². The van der Waals surface area contributed by atoms with Crippen molar-refractivity contribution < 1.29 is 37.5 Å². The number of likely N-dealkylation sites (N-methyl/N-ethyl adjacent to an activating group) is 1. The van der Waals surface area contributed by atoms with Gasteiger partial charge in [-0.25, -0.2) is 13.1 Å². The molecule has 224 valence electrons. The lowest BCUT2D eigenvalue weighted by molar-refractivity contribution is -0.160. The molecule has 0 saturated carbocycles. The van der Waals surface area contributed by atoms with Gasteiger partial charge in [-0.2, -0.15) is 4.79 Å². The number of amides is 1. The van der Waals surface area contributed by atoms with Gasteiger partial charge in [0.15, 0.2) is 0 Å². The Hall–Kier alpha value is -4.71. The average molecular weight is 606 g/mol. The number of aliphatic carboxylic acids is 1. The maximum atomic E-state index is 14.1. The molecule has 12 nitrogen and oxygen atoms in total. The molecular formula is C30H31N5O7S. The fraction of sp³-hybridized carbons (Fsp3) is 0.300. The van der Waals surface area contributed by atoms with E-state index in [2.05, 4.69) is 14.7 Å². The molecule has 1 aliphatic rings. The minimum Gasteiger partial charge on any atom is -0.481 e. The van der Waals surface area contributed by atoms with Gasteiger partial charge in [0.1, 0.15) is 6.04 Å². The third-order valence-corrected chi connectivity index (χ3v) is 8.85. The molecule has 1 heterocycles. The minimum atomic E-state index is -4.08. The summed E-state index contributed by atoms with van der Waals surface area (Å²) in [5.74, 6) is -3.38. The van der Waals surface area contributed by atoms with E-state index in [-0.39, 0.29) is 22.9 Å². The summed E-state index contributed by atoms with van der Waals surface area (Å²) in [4.78, 5) is 47.8. The van der Waals surface area contributed by atoms with E-state index in [1.165, 1.54) is 13.1 Å². The van der Waals surface area contributed by atoms with Gasteiger partial charge in [0.05, 0.1) is 23.1 Å². The topological polar surface area (TPSA) is 179 Å². The first-order chi connectivity index (χ1) is 20.4. The van der Waals surface area contributed by atoms with Crippen molar-refractivity contribution in [2.24, 2.45) is 11.1 Å². The number of Topliss-reactive ketones (excluding diaryl/α,β-unsaturated/α-hetero) is 1. The van der Waals surface area contributed by atoms with Crippen molar-refractivity contribution in [2.45, 2.75) is 49.3 Å². The molecule has 3 aromatic carbocycles. The van der Waals surface area contributed by atoms with Crippen LogP contribution in [0.15, 0.2) is 82.8 Å². The van der Waals surface area contributed by atoms with Crippen LogP contribution >= 0.6 is 0 Å². The Bertz CT molecular complexity index is 1730. The SMILES string of the molecule is CC(C)[C@H](NS(=O)(=O)c1cccc2ccccc12)C1=NOC(C(=O)N(C)[C@@H](CC(=O)O)C(=O)C=[N+]=[N-])(c2ccccc2)C1. The van der Waals surface area contributed by atoms with E-state index >= 15 is 0 Å². The normalized spacial score (nSPS) is 17.8. The number of hydrogen-bond acceptors (Lipinski definition) is 7. The van der Waals surface area contributed by atoms with Gasteiger partial charge in [-0.3, -0.25) is 14.4 Å². The number of benzene rings is 3. The van der Waals surface area contributed by atoms with Crippen molar-refractivity contribution in [3.8, 4) is 0 Å². The Morgan fingerprint density at radius 3 is 2.40 bits per heavy atom. The molecule has 3 aromatic rings. The van der Waals surface area contributed by atoms with Crippen molar-refractivity contribution in [2.75, 3.05) is 7.05 Å². The van der Waals surface area contributed by atoms with Crippen LogP contribution in [0, 0.1) is 5.92 Å². The number of nitrogens with zero attached hydrogens (tertiary/aromatic N) is 4. The average Bonchev–Trinajstić information content (AvgIpc) is 3.44. The number of carboxylic acids is 1. The highest BCUT2D eigenvalue weighted by molar-refractivity contribution is 7.89. The van der Waals surface area contributed by atoms with E-state index < -0.39 is 51.8 Å². The van der Waals surface area contributed by atoms with E-state index in [9.17, 15) is 27.9 Å². The third-order valence-electron chi connectivity index (χ3n) is 7.35. The second-order valence-electron chi connectivity index (χ2n) is 10.5. The van der Waals surface area contributed by atoms with Crippen molar-refractivity contribution in [1.29, 1.82) is 0 Å². The molecule has 1 unspecified atom stereocenters. The fourth-order valence-electron chi connectivity index (χ4n) is 5.14. The monoisotopic (exact) mass is 605 g/mol. The van der Waals surface area contributed by atoms with Gasteiger partial charge < -0.3 is 20.4 Å². The predicted octanol–water partition coefficient (Wildman–Crippen LogP) is 2.99. The van der Waals surface area contributed by atoms with E-state index in [1.807, 2.05) is 18.2 Å². The summed E-state index contributed by atoms with van der Waals surface area (Å²) in [6.07, 6.45) is -0.421. The molecule has 2 N–H and O–H groups in total. The molecule has 1 aliphatic heterocycles. The molecule has 0 aromatic heterocycles. The van der Waals surface area contributed by atoms with Gasteiger partial charge >= 0.3 is 12.2 Å². The van der Waals surface area contributed by atoms with E-state index in [1.54, 1.807) is 62.4 Å². The number of sulfonamides is 1. The number of hydrogen-bond donors (Lipinski definition) is 2. The van der Waals surface area contributed by atoms with Crippen molar-refractivity contribution in [3.05, 3.63) is 83.9 Å². The molecular weight excluding hydrogens is 574 g/mol. The zero-order chi connectivity index (χ0) is 31.4. The number of carbonyl (C=O) groups is 3. The quantitative estimate of drug-likeness (QED) is 0.181. The van der Waals surface area contributed by atoms with Gasteiger partial charge in [0.25, 0.3) is 11.7 Å². The summed E-state index contributed by atoms with van der Waals surface area (Å²) in [7, 11) is -2.84. The summed E-state index contributed by atoms with van der Waals surface area (Å²) in [5.41, 5.74) is 7.63. The molecule has 4 rings (SSSR count). The van der Waals surface area contributed by atoms with Gasteiger partial charge in [0, 0.05) is 24.4 Å². The molecule has 0 spiro atoms. The van der Waals surface area contributed by atoms with Crippen LogP contribution in [0.25, 0.3) is 16.3 Å². The standard InChI is InChI=1S/C30H31N5O7S/c1-19(2)28(34-43(40,41)26-15-9-11-20-10-7-8-14-22(20)26)23-17-30(42-33-23,21-12-5-4-6-13-21)29(39)35(3)24(16-27(37)38)25(36)18-32-31/h4-15,18-19,24,28,34H,16-17H2,1-3H3,(H,37,38)/t24-,28-,30?/m0/s1. The van der Waals surface area contributed by atoms with E-state index in [0.29, 0.717) is 17.2 Å². The Labute approximate surface area is 248 Å². The number of carbonyl (C=O) groups excluding carboxylic acids is 2. The van der Waals surface area contributed by atoms with Crippen molar-refractivity contribution in [3.63, 3.8) is 0 Å². The lowest BCUT2D eigenvalue weighted by Gasteiger charge is -2.33. The maximum absolute atomic E-state index is 14.1. The highest BCUT2D eigenvalue weighted by Crippen LogP contribution is 2.39. The van der Waals surface area contributed by atoms with Crippen molar-refractivity contribution >= 4 is 50.4 Å². The Morgan fingerprint density at radius 2 is 1.74 bits per heavy atom. The summed E-state index contributed by atoms with van der Waals surface area (Å²) < 4.78 is 30.2. The van der Waals surface area contributed by atoms with Gasteiger partial charge in [-0.05, 0) is 17.4 Å². The van der Waals surface area contributed by atoms with Crippen LogP contribution in [0.4, 0.5) is 0 Å². The molecule has 1 amide bonds. The zero-order valence-electron chi connectivity index (χ0n) is 23.7. The van der Waals surface area contributed by atoms with Crippen LogP contribution < -0.4 is 4.72 Å². The smallest absolute Gasteiger partial charge is 0.325 e. The van der Waals surface area contributed by atoms with Crippen LogP contribution in [0.3, 0.4) is 0 Å². The third kappa shape index (κ3) is 6.38. The highest BCUT2D eigenvalue weighted by atomic mass is 32.2. The van der Waals surface area contributed by atoms with Crippen LogP contribution in [0.2, 0.25) is 0 Å². The summed E-state index contributed by atoms with van der Waals surface area (Å²) in [6.45, 7) is 3.59. The fourth-order valence-corrected chi connectivity index (χ4v) is 6.74. The predicted molar refractivity (Wildman–Crippen MR) is 158 cm³/mol. The molecule has 43 heavy (non-hydrogen) atoms. The first-order valence-corrected chi connectivity index (χ1v) is 14.9.